The molecule has 1 aliphatic heterocycles. The van der Waals surface area contributed by atoms with Crippen LogP contribution < -0.4 is 15.1 Å². The van der Waals surface area contributed by atoms with E-state index >= 15 is 0 Å². The number of hydrogen-bond donors (Lipinski definition) is 1. The summed E-state index contributed by atoms with van der Waals surface area (Å²) in [6.07, 6.45) is -1.09. The molecular formula is C18H17F3N4O. The fraction of sp³-hybridized carbons (Fsp3) is 0.222. The van der Waals surface area contributed by atoms with Gasteiger partial charge in [-0.05, 0) is 30.3 Å². The zero-order valence-corrected chi connectivity index (χ0v) is 13.8. The quantitative estimate of drug-likeness (QED) is 0.835. The molecule has 136 valence electrons. The number of hydrogen-bond acceptors (Lipinski definition) is 3. The van der Waals surface area contributed by atoms with Crippen molar-refractivity contribution in [2.75, 3.05) is 34.8 Å². The normalized spacial score (nSPS) is 14.0. The van der Waals surface area contributed by atoms with Gasteiger partial charge in [-0.1, -0.05) is 12.1 Å². The van der Waals surface area contributed by atoms with Gasteiger partial charge >= 0.3 is 12.2 Å². The third-order valence-electron chi connectivity index (χ3n) is 3.99. The molecule has 26 heavy (non-hydrogen) atoms. The molecule has 0 spiro atoms. The second-order valence-corrected chi connectivity index (χ2v) is 5.74. The minimum absolute atomic E-state index is 0.0868. The lowest BCUT2D eigenvalue weighted by atomic mass is 10.2. The summed E-state index contributed by atoms with van der Waals surface area (Å²) >= 11 is 0. The number of benzene rings is 1. The van der Waals surface area contributed by atoms with E-state index in [9.17, 15) is 18.0 Å². The van der Waals surface area contributed by atoms with Crippen molar-refractivity contribution in [3.05, 3.63) is 60.8 Å². The predicted octanol–water partition coefficient (Wildman–Crippen LogP) is 4.14. The Hall–Kier alpha value is -3.03. The number of urea groups is 1. The highest BCUT2D eigenvalue weighted by atomic mass is 19.4. The van der Waals surface area contributed by atoms with Crippen molar-refractivity contribution in [1.82, 2.24) is 4.98 Å². The van der Waals surface area contributed by atoms with Gasteiger partial charge in [-0.3, -0.25) is 4.90 Å². The highest BCUT2D eigenvalue weighted by Crippen LogP contribution is 2.32. The van der Waals surface area contributed by atoms with E-state index in [1.165, 1.54) is 17.0 Å². The summed E-state index contributed by atoms with van der Waals surface area (Å²) in [7, 11) is 0. The Labute approximate surface area is 148 Å². The van der Waals surface area contributed by atoms with Crippen LogP contribution in [0.15, 0.2) is 55.3 Å². The Morgan fingerprint density at radius 2 is 2.08 bits per heavy atom. The average Bonchev–Trinajstić information content (AvgIpc) is 2.61. The number of alkyl halides is 3. The number of carbonyl (C=O) groups excluding carboxylic acids is 1. The number of nitrogens with one attached hydrogen (secondary N) is 1. The Morgan fingerprint density at radius 3 is 2.81 bits per heavy atom. The van der Waals surface area contributed by atoms with Crippen LogP contribution in [0.25, 0.3) is 0 Å². The first-order chi connectivity index (χ1) is 12.4. The molecule has 2 heterocycles. The van der Waals surface area contributed by atoms with Gasteiger partial charge in [0.05, 0.1) is 11.3 Å². The Bertz CT molecular complexity index is 822. The van der Waals surface area contributed by atoms with Crippen LogP contribution in [0.1, 0.15) is 5.56 Å². The van der Waals surface area contributed by atoms with Crippen molar-refractivity contribution in [2.24, 2.45) is 0 Å². The van der Waals surface area contributed by atoms with Crippen molar-refractivity contribution < 1.29 is 18.0 Å². The summed E-state index contributed by atoms with van der Waals surface area (Å²) in [5.74, 6) is 0.637. The van der Waals surface area contributed by atoms with Crippen molar-refractivity contribution in [3.8, 4) is 0 Å². The number of carbonyl (C=O) groups is 1. The molecule has 0 radical (unpaired) electrons. The second-order valence-electron chi connectivity index (χ2n) is 5.74. The largest absolute Gasteiger partial charge is 0.416 e. The summed E-state index contributed by atoms with van der Waals surface area (Å²) in [5, 5.41) is 2.53. The first-order valence-electron chi connectivity index (χ1n) is 7.97. The standard InChI is InChI=1S/C18H17F3N4O/c1-2-9-24-10-11-25(15-7-4-8-22-16(15)24)17(26)23-14-6-3-5-13(12-14)18(19,20)21/h2-8,12H,1,9-11H2,(H,23,26). The highest BCUT2D eigenvalue weighted by Gasteiger charge is 2.31. The van der Waals surface area contributed by atoms with Gasteiger partial charge in [0.2, 0.25) is 0 Å². The molecule has 1 N–H and O–H groups in total. The highest BCUT2D eigenvalue weighted by molar-refractivity contribution is 6.04. The first kappa shape index (κ1) is 17.8. The van der Waals surface area contributed by atoms with Gasteiger partial charge in [-0.15, -0.1) is 6.58 Å². The number of anilines is 3. The van der Waals surface area contributed by atoms with Gasteiger partial charge in [0.15, 0.2) is 5.82 Å². The van der Waals surface area contributed by atoms with Crippen LogP contribution in [-0.4, -0.2) is 30.6 Å². The third-order valence-corrected chi connectivity index (χ3v) is 3.99. The van der Waals surface area contributed by atoms with E-state index in [1.807, 2.05) is 4.90 Å². The Balaban J connectivity index is 1.82. The number of fused-ring (bicyclic) bond motifs is 1. The predicted molar refractivity (Wildman–Crippen MR) is 94.5 cm³/mol. The zero-order valence-electron chi connectivity index (χ0n) is 13.8. The molecule has 5 nitrogen and oxygen atoms in total. The lowest BCUT2D eigenvalue weighted by molar-refractivity contribution is -0.137. The minimum Gasteiger partial charge on any atom is -0.349 e. The Kier molecular flexibility index (Phi) is 4.83. The summed E-state index contributed by atoms with van der Waals surface area (Å²) in [6, 6.07) is 7.52. The van der Waals surface area contributed by atoms with Crippen molar-refractivity contribution >= 4 is 23.2 Å². The molecule has 0 saturated carbocycles. The molecule has 3 rings (SSSR count). The average molecular weight is 362 g/mol. The maximum atomic E-state index is 12.8. The van der Waals surface area contributed by atoms with E-state index in [4.69, 9.17) is 0 Å². The van der Waals surface area contributed by atoms with Crippen molar-refractivity contribution in [3.63, 3.8) is 0 Å². The molecule has 0 unspecified atom stereocenters. The van der Waals surface area contributed by atoms with Crippen LogP contribution in [0.4, 0.5) is 35.2 Å². The second kappa shape index (κ2) is 7.07. The van der Waals surface area contributed by atoms with Crippen LogP contribution in [-0.2, 0) is 6.18 Å². The van der Waals surface area contributed by atoms with Crippen LogP contribution in [0.3, 0.4) is 0 Å². The molecule has 1 aliphatic rings. The van der Waals surface area contributed by atoms with Crippen molar-refractivity contribution in [2.45, 2.75) is 6.18 Å². The van der Waals surface area contributed by atoms with Crippen LogP contribution in [0, 0.1) is 0 Å². The van der Waals surface area contributed by atoms with Crippen LogP contribution in [0.2, 0.25) is 0 Å². The van der Waals surface area contributed by atoms with Crippen molar-refractivity contribution in [1.29, 1.82) is 0 Å². The molecule has 0 bridgehead atoms. The number of pyridine rings is 1. The molecule has 0 atom stereocenters. The van der Waals surface area contributed by atoms with E-state index in [2.05, 4.69) is 16.9 Å². The topological polar surface area (TPSA) is 48.5 Å². The molecule has 0 saturated heterocycles. The molecule has 8 heteroatoms. The number of amides is 2. The molecular weight excluding hydrogens is 345 g/mol. The summed E-state index contributed by atoms with van der Waals surface area (Å²) in [5.41, 5.74) is -0.123. The lowest BCUT2D eigenvalue weighted by Crippen LogP contribution is -2.46. The summed E-state index contributed by atoms with van der Waals surface area (Å²) in [6.45, 7) is 5.24. The molecule has 0 aliphatic carbocycles. The third kappa shape index (κ3) is 3.63. The Morgan fingerprint density at radius 1 is 1.27 bits per heavy atom. The van der Waals surface area contributed by atoms with E-state index < -0.39 is 17.8 Å². The number of halogens is 3. The lowest BCUT2D eigenvalue weighted by Gasteiger charge is -2.36. The minimum atomic E-state index is -4.46. The van der Waals surface area contributed by atoms with E-state index in [0.29, 0.717) is 31.1 Å². The van der Waals surface area contributed by atoms with E-state index in [-0.39, 0.29) is 5.69 Å². The molecule has 2 amide bonds. The van der Waals surface area contributed by atoms with Gasteiger partial charge in [0.25, 0.3) is 0 Å². The van der Waals surface area contributed by atoms with E-state index in [0.717, 1.165) is 12.1 Å². The van der Waals surface area contributed by atoms with Crippen LogP contribution >= 0.6 is 0 Å². The van der Waals surface area contributed by atoms with Gasteiger partial charge in [-0.25, -0.2) is 9.78 Å². The monoisotopic (exact) mass is 362 g/mol. The number of nitrogens with zero attached hydrogens (tertiary/aromatic N) is 3. The smallest absolute Gasteiger partial charge is 0.349 e. The van der Waals surface area contributed by atoms with Gasteiger partial charge in [-0.2, -0.15) is 13.2 Å². The maximum absolute atomic E-state index is 12.8. The van der Waals surface area contributed by atoms with E-state index in [1.54, 1.807) is 24.4 Å². The first-order valence-corrected chi connectivity index (χ1v) is 7.97. The van der Waals surface area contributed by atoms with Gasteiger partial charge in [0, 0.05) is 31.5 Å². The molecule has 1 aromatic heterocycles. The summed E-state index contributed by atoms with van der Waals surface area (Å²) < 4.78 is 38.5. The van der Waals surface area contributed by atoms with Gasteiger partial charge in [0.1, 0.15) is 0 Å². The fourth-order valence-electron chi connectivity index (χ4n) is 2.80. The molecule has 2 aromatic rings. The van der Waals surface area contributed by atoms with Gasteiger partial charge < -0.3 is 10.2 Å². The molecule has 0 fully saturated rings. The van der Waals surface area contributed by atoms with Crippen LogP contribution in [0.5, 0.6) is 0 Å². The number of aromatic nitrogens is 1. The zero-order chi connectivity index (χ0) is 18.7. The SMILES string of the molecule is C=CCN1CCN(C(=O)Nc2cccc(C(F)(F)F)c2)c2cccnc21. The fourth-order valence-corrected chi connectivity index (χ4v) is 2.80. The summed E-state index contributed by atoms with van der Waals surface area (Å²) in [4.78, 5) is 20.4. The maximum Gasteiger partial charge on any atom is 0.416 e. The molecule has 1 aromatic carbocycles. The number of rotatable bonds is 3.